The van der Waals surface area contributed by atoms with E-state index in [1.807, 2.05) is 6.07 Å². The van der Waals surface area contributed by atoms with E-state index in [9.17, 15) is 0 Å². The topological polar surface area (TPSA) is 42.0 Å². The first-order valence-corrected chi connectivity index (χ1v) is 6.25. The maximum Gasteiger partial charge on any atom is 0.119 e. The van der Waals surface area contributed by atoms with Crippen LogP contribution in [0.4, 0.5) is 0 Å². The molecule has 3 heteroatoms. The maximum absolute atomic E-state index is 8.89. The van der Waals surface area contributed by atoms with Crippen molar-refractivity contribution in [2.45, 2.75) is 37.4 Å². The van der Waals surface area contributed by atoms with Gasteiger partial charge in [0.05, 0.1) is 19.8 Å². The summed E-state index contributed by atoms with van der Waals surface area (Å²) in [6, 6.07) is 6.35. The molecule has 17 heavy (non-hydrogen) atoms. The fourth-order valence-corrected chi connectivity index (χ4v) is 2.75. The molecule has 0 saturated carbocycles. The number of hydrogen-bond donors (Lipinski definition) is 1. The molecule has 1 saturated heterocycles. The van der Waals surface area contributed by atoms with E-state index >= 15 is 0 Å². The summed E-state index contributed by atoms with van der Waals surface area (Å²) < 4.78 is 10.5. The molecular formula is C14H18O3. The van der Waals surface area contributed by atoms with Crippen LogP contribution in [0.1, 0.15) is 29.9 Å². The molecule has 1 fully saturated rings. The molecule has 1 aliphatic heterocycles. The summed E-state index contributed by atoms with van der Waals surface area (Å²) in [6.07, 6.45) is 3.82. The Kier molecular flexibility index (Phi) is 2.81. The molecule has 2 aliphatic rings. The number of aliphatic hydroxyl groups excluding tert-OH is 1. The van der Waals surface area contributed by atoms with Crippen molar-refractivity contribution in [1.29, 1.82) is 0 Å². The molecular weight excluding hydrogens is 216 g/mol. The first-order valence-electron chi connectivity index (χ1n) is 6.25. The summed E-state index contributed by atoms with van der Waals surface area (Å²) in [5.41, 5.74) is 2.89. The van der Waals surface area contributed by atoms with Crippen molar-refractivity contribution in [3.8, 4) is 5.75 Å². The van der Waals surface area contributed by atoms with Gasteiger partial charge in [-0.25, -0.2) is 0 Å². The van der Waals surface area contributed by atoms with E-state index in [0.717, 1.165) is 18.6 Å². The SMILES string of the molecule is COc1ccc2c(c1)CC2CC[C@@H]1O[C@H]1CO. The summed E-state index contributed by atoms with van der Waals surface area (Å²) in [7, 11) is 1.71. The molecule has 0 aromatic heterocycles. The Balaban J connectivity index is 1.54. The Hall–Kier alpha value is -1.06. The van der Waals surface area contributed by atoms with Gasteiger partial charge in [-0.15, -0.1) is 0 Å². The second-order valence-electron chi connectivity index (χ2n) is 4.94. The smallest absolute Gasteiger partial charge is 0.119 e. The predicted octanol–water partition coefficient (Wildman–Crippen LogP) is 1.87. The lowest BCUT2D eigenvalue weighted by atomic mass is 9.75. The van der Waals surface area contributed by atoms with Crippen molar-refractivity contribution in [2.24, 2.45) is 0 Å². The summed E-state index contributed by atoms with van der Waals surface area (Å²) in [4.78, 5) is 0. The monoisotopic (exact) mass is 234 g/mol. The van der Waals surface area contributed by atoms with Crippen LogP contribution in [-0.2, 0) is 11.2 Å². The van der Waals surface area contributed by atoms with Crippen molar-refractivity contribution in [3.05, 3.63) is 29.3 Å². The van der Waals surface area contributed by atoms with Gasteiger partial charge < -0.3 is 14.6 Å². The zero-order valence-electron chi connectivity index (χ0n) is 10.1. The van der Waals surface area contributed by atoms with E-state index in [1.165, 1.54) is 17.5 Å². The van der Waals surface area contributed by atoms with E-state index in [0.29, 0.717) is 12.0 Å². The predicted molar refractivity (Wildman–Crippen MR) is 64.4 cm³/mol. The number of hydrogen-bond acceptors (Lipinski definition) is 3. The zero-order valence-corrected chi connectivity index (χ0v) is 10.1. The zero-order chi connectivity index (χ0) is 11.8. The van der Waals surface area contributed by atoms with Gasteiger partial charge in [-0.2, -0.15) is 0 Å². The summed E-state index contributed by atoms with van der Waals surface area (Å²) in [6.45, 7) is 0.170. The Morgan fingerprint density at radius 2 is 2.24 bits per heavy atom. The van der Waals surface area contributed by atoms with Crippen LogP contribution in [0.2, 0.25) is 0 Å². The van der Waals surface area contributed by atoms with Gasteiger partial charge >= 0.3 is 0 Å². The second kappa shape index (κ2) is 4.31. The fraction of sp³-hybridized carbons (Fsp3) is 0.571. The molecule has 3 nitrogen and oxygen atoms in total. The van der Waals surface area contributed by atoms with Gasteiger partial charge in [0, 0.05) is 0 Å². The molecule has 0 amide bonds. The van der Waals surface area contributed by atoms with Gasteiger partial charge in [-0.1, -0.05) is 6.07 Å². The second-order valence-corrected chi connectivity index (χ2v) is 4.94. The highest BCUT2D eigenvalue weighted by molar-refractivity contribution is 5.44. The molecule has 1 unspecified atom stereocenters. The first-order chi connectivity index (χ1) is 8.31. The highest BCUT2D eigenvalue weighted by Crippen LogP contribution is 2.41. The van der Waals surface area contributed by atoms with Crippen molar-refractivity contribution in [1.82, 2.24) is 0 Å². The van der Waals surface area contributed by atoms with Crippen LogP contribution < -0.4 is 4.74 Å². The minimum Gasteiger partial charge on any atom is -0.497 e. The lowest BCUT2D eigenvalue weighted by Crippen LogP contribution is -2.18. The van der Waals surface area contributed by atoms with Gasteiger partial charge in [0.15, 0.2) is 0 Å². The third kappa shape index (κ3) is 2.05. The van der Waals surface area contributed by atoms with Crippen molar-refractivity contribution in [3.63, 3.8) is 0 Å². The van der Waals surface area contributed by atoms with Gasteiger partial charge in [0.1, 0.15) is 11.9 Å². The van der Waals surface area contributed by atoms with Crippen LogP contribution in [0, 0.1) is 0 Å². The molecule has 1 aliphatic carbocycles. The lowest BCUT2D eigenvalue weighted by Gasteiger charge is -2.30. The van der Waals surface area contributed by atoms with E-state index in [-0.39, 0.29) is 12.7 Å². The van der Waals surface area contributed by atoms with Crippen molar-refractivity contribution >= 4 is 0 Å². The molecule has 3 rings (SSSR count). The highest BCUT2D eigenvalue weighted by Gasteiger charge is 2.38. The highest BCUT2D eigenvalue weighted by atomic mass is 16.6. The van der Waals surface area contributed by atoms with E-state index < -0.39 is 0 Å². The number of epoxide rings is 1. The minimum atomic E-state index is 0.116. The van der Waals surface area contributed by atoms with Crippen LogP contribution >= 0.6 is 0 Å². The third-order valence-electron chi connectivity index (χ3n) is 3.92. The van der Waals surface area contributed by atoms with E-state index in [4.69, 9.17) is 14.6 Å². The van der Waals surface area contributed by atoms with Crippen molar-refractivity contribution < 1.29 is 14.6 Å². The van der Waals surface area contributed by atoms with Gasteiger partial charge in [0.25, 0.3) is 0 Å². The van der Waals surface area contributed by atoms with Crippen LogP contribution in [0.5, 0.6) is 5.75 Å². The summed E-state index contributed by atoms with van der Waals surface area (Å²) in [5.74, 6) is 1.63. The number of benzene rings is 1. The number of fused-ring (bicyclic) bond motifs is 1. The van der Waals surface area contributed by atoms with Gasteiger partial charge in [-0.3, -0.25) is 0 Å². The summed E-state index contributed by atoms with van der Waals surface area (Å²) in [5, 5.41) is 8.89. The largest absolute Gasteiger partial charge is 0.497 e. The normalized spacial score (nSPS) is 29.4. The molecule has 92 valence electrons. The van der Waals surface area contributed by atoms with E-state index in [1.54, 1.807) is 7.11 Å². The Morgan fingerprint density at radius 1 is 1.35 bits per heavy atom. The van der Waals surface area contributed by atoms with Crippen LogP contribution in [0.25, 0.3) is 0 Å². The van der Waals surface area contributed by atoms with E-state index in [2.05, 4.69) is 12.1 Å². The number of rotatable bonds is 5. The van der Waals surface area contributed by atoms with Gasteiger partial charge in [0.2, 0.25) is 0 Å². The molecule has 1 N–H and O–H groups in total. The number of ether oxygens (including phenoxy) is 2. The average molecular weight is 234 g/mol. The third-order valence-corrected chi connectivity index (χ3v) is 3.92. The standard InChI is InChI=1S/C14H18O3/c1-16-11-3-4-12-9(6-10(12)7-11)2-5-13-14(8-15)17-13/h3-4,7,9,13-15H,2,5-6,8H2,1H3/t9?,13-,14-/m0/s1. The minimum absolute atomic E-state index is 0.116. The molecule has 3 atom stereocenters. The molecule has 0 radical (unpaired) electrons. The molecule has 1 heterocycles. The van der Waals surface area contributed by atoms with Gasteiger partial charge in [-0.05, 0) is 48.4 Å². The quantitative estimate of drug-likeness (QED) is 0.791. The van der Waals surface area contributed by atoms with Crippen LogP contribution in [-0.4, -0.2) is 31.0 Å². The average Bonchev–Trinajstić information content (AvgIpc) is 3.08. The number of aliphatic hydroxyl groups is 1. The van der Waals surface area contributed by atoms with Crippen LogP contribution in [0.3, 0.4) is 0 Å². The van der Waals surface area contributed by atoms with Crippen LogP contribution in [0.15, 0.2) is 18.2 Å². The Bertz CT molecular complexity index is 416. The Labute approximate surface area is 101 Å². The lowest BCUT2D eigenvalue weighted by molar-refractivity contribution is 0.241. The summed E-state index contributed by atoms with van der Waals surface area (Å²) >= 11 is 0. The molecule has 0 bridgehead atoms. The molecule has 1 aromatic rings. The molecule has 1 aromatic carbocycles. The number of methoxy groups -OCH3 is 1. The maximum atomic E-state index is 8.89. The Morgan fingerprint density at radius 3 is 2.88 bits per heavy atom. The first kappa shape index (κ1) is 11.1. The molecule has 0 spiro atoms. The fourth-order valence-electron chi connectivity index (χ4n) is 2.75. The van der Waals surface area contributed by atoms with Crippen molar-refractivity contribution in [2.75, 3.05) is 13.7 Å².